The first-order valence-corrected chi connectivity index (χ1v) is 9.51. The minimum Gasteiger partial charge on any atom is -0.348 e. The first-order valence-electron chi connectivity index (χ1n) is 8.70. The highest BCUT2D eigenvalue weighted by Crippen LogP contribution is 2.33. The number of amides is 2. The largest absolute Gasteiger partial charge is 0.348 e. The van der Waals surface area contributed by atoms with Gasteiger partial charge in [-0.1, -0.05) is 38.2 Å². The third-order valence-corrected chi connectivity index (χ3v) is 5.60. The molecule has 1 saturated carbocycles. The van der Waals surface area contributed by atoms with E-state index in [2.05, 4.69) is 46.9 Å². The summed E-state index contributed by atoms with van der Waals surface area (Å²) in [6, 6.07) is -0.166. The van der Waals surface area contributed by atoms with Gasteiger partial charge in [-0.15, -0.1) is 10.2 Å². The van der Waals surface area contributed by atoms with E-state index < -0.39 is 0 Å². The Morgan fingerprint density at radius 3 is 2.52 bits per heavy atom. The van der Waals surface area contributed by atoms with E-state index in [-0.39, 0.29) is 29.3 Å². The number of aromatic nitrogens is 2. The van der Waals surface area contributed by atoms with Gasteiger partial charge in [-0.05, 0) is 31.7 Å². The second-order valence-corrected chi connectivity index (χ2v) is 8.66. The van der Waals surface area contributed by atoms with Crippen molar-refractivity contribution in [3.8, 4) is 0 Å². The highest BCUT2D eigenvalue weighted by molar-refractivity contribution is 7.15. The van der Waals surface area contributed by atoms with Gasteiger partial charge in [0.25, 0.3) is 0 Å². The Kier molecular flexibility index (Phi) is 5.19. The van der Waals surface area contributed by atoms with Crippen molar-refractivity contribution >= 4 is 28.3 Å². The Balaban J connectivity index is 1.54. The van der Waals surface area contributed by atoms with Gasteiger partial charge in [-0.25, -0.2) is 0 Å². The Morgan fingerprint density at radius 2 is 2.00 bits per heavy atom. The molecule has 2 heterocycles. The van der Waals surface area contributed by atoms with E-state index in [0.717, 1.165) is 30.8 Å². The molecule has 0 bridgehead atoms. The lowest BCUT2D eigenvalue weighted by molar-refractivity contribution is -0.125. The van der Waals surface area contributed by atoms with E-state index in [1.54, 1.807) is 6.08 Å². The molecule has 2 atom stereocenters. The SMILES string of the molecule is CC(C)(C)c1nnc(NC(=O)/C=C/[C@@H](NC(=O)[C@@H]2CCN2)C2CC2)s1. The number of nitrogens with zero attached hydrogens (tertiary/aromatic N) is 2. The molecule has 1 saturated heterocycles. The lowest BCUT2D eigenvalue weighted by Crippen LogP contribution is -2.55. The van der Waals surface area contributed by atoms with Gasteiger partial charge in [-0.3, -0.25) is 14.9 Å². The Morgan fingerprint density at radius 1 is 1.28 bits per heavy atom. The summed E-state index contributed by atoms with van der Waals surface area (Å²) in [4.78, 5) is 24.2. The summed E-state index contributed by atoms with van der Waals surface area (Å²) in [6.07, 6.45) is 6.31. The van der Waals surface area contributed by atoms with Crippen LogP contribution in [0.2, 0.25) is 0 Å². The summed E-state index contributed by atoms with van der Waals surface area (Å²) >= 11 is 1.38. The molecule has 8 heteroatoms. The van der Waals surface area contributed by atoms with Gasteiger partial charge < -0.3 is 10.6 Å². The van der Waals surface area contributed by atoms with Crippen molar-refractivity contribution in [3.63, 3.8) is 0 Å². The molecular formula is C17H25N5O2S. The maximum absolute atomic E-state index is 12.1. The van der Waals surface area contributed by atoms with Crippen LogP contribution >= 0.6 is 11.3 Å². The summed E-state index contributed by atoms with van der Waals surface area (Å²) in [5.41, 5.74) is -0.0899. The summed E-state index contributed by atoms with van der Waals surface area (Å²) in [7, 11) is 0. The van der Waals surface area contributed by atoms with Gasteiger partial charge in [0, 0.05) is 11.5 Å². The quantitative estimate of drug-likeness (QED) is 0.667. The first-order chi connectivity index (χ1) is 11.8. The minimum atomic E-state index is -0.252. The van der Waals surface area contributed by atoms with Crippen LogP contribution in [0, 0.1) is 5.92 Å². The molecule has 3 rings (SSSR count). The van der Waals surface area contributed by atoms with Crippen molar-refractivity contribution in [2.45, 2.75) is 57.5 Å². The lowest BCUT2D eigenvalue weighted by Gasteiger charge is -2.28. The fraction of sp³-hybridized carbons (Fsp3) is 0.647. The number of nitrogens with one attached hydrogen (secondary N) is 3. The van der Waals surface area contributed by atoms with Crippen molar-refractivity contribution in [1.29, 1.82) is 0 Å². The third kappa shape index (κ3) is 4.85. The van der Waals surface area contributed by atoms with Crippen LogP contribution in [0.25, 0.3) is 0 Å². The Hall–Kier alpha value is -1.80. The normalized spacial score (nSPS) is 21.6. The van der Waals surface area contributed by atoms with Gasteiger partial charge in [0.15, 0.2) is 0 Å². The Bertz CT molecular complexity index is 671. The van der Waals surface area contributed by atoms with Crippen molar-refractivity contribution < 1.29 is 9.59 Å². The topological polar surface area (TPSA) is 96.0 Å². The molecule has 1 aliphatic heterocycles. The molecule has 136 valence electrons. The predicted octanol–water partition coefficient (Wildman–Crippen LogP) is 1.59. The van der Waals surface area contributed by atoms with Crippen LogP contribution in [0.4, 0.5) is 5.13 Å². The van der Waals surface area contributed by atoms with Crippen molar-refractivity contribution in [2.24, 2.45) is 5.92 Å². The zero-order valence-electron chi connectivity index (χ0n) is 14.8. The fourth-order valence-electron chi connectivity index (χ4n) is 2.47. The number of anilines is 1. The fourth-order valence-corrected chi connectivity index (χ4v) is 3.27. The zero-order valence-corrected chi connectivity index (χ0v) is 15.7. The molecule has 0 spiro atoms. The number of carbonyl (C=O) groups is 2. The van der Waals surface area contributed by atoms with Gasteiger partial charge in [-0.2, -0.15) is 0 Å². The summed E-state index contributed by atoms with van der Waals surface area (Å²) in [6.45, 7) is 7.06. The second-order valence-electron chi connectivity index (χ2n) is 7.68. The third-order valence-electron chi connectivity index (χ3n) is 4.33. The molecule has 0 aromatic carbocycles. The van der Waals surface area contributed by atoms with E-state index in [9.17, 15) is 9.59 Å². The van der Waals surface area contributed by atoms with Crippen LogP contribution in [0.3, 0.4) is 0 Å². The van der Waals surface area contributed by atoms with Crippen molar-refractivity contribution in [3.05, 3.63) is 17.2 Å². The van der Waals surface area contributed by atoms with Gasteiger partial charge in [0.1, 0.15) is 5.01 Å². The van der Waals surface area contributed by atoms with E-state index in [4.69, 9.17) is 0 Å². The molecule has 2 fully saturated rings. The molecule has 1 aromatic heterocycles. The smallest absolute Gasteiger partial charge is 0.249 e. The van der Waals surface area contributed by atoms with Gasteiger partial charge in [0.2, 0.25) is 16.9 Å². The van der Waals surface area contributed by atoms with Crippen molar-refractivity contribution in [1.82, 2.24) is 20.8 Å². The molecule has 25 heavy (non-hydrogen) atoms. The summed E-state index contributed by atoms with van der Waals surface area (Å²) in [5.74, 6) is 0.201. The van der Waals surface area contributed by atoms with E-state index in [1.807, 2.05) is 0 Å². The highest BCUT2D eigenvalue weighted by atomic mass is 32.1. The number of rotatable bonds is 6. The lowest BCUT2D eigenvalue weighted by atomic mass is 9.98. The maximum atomic E-state index is 12.1. The molecule has 2 amide bonds. The van der Waals surface area contributed by atoms with Crippen LogP contribution in [0.15, 0.2) is 12.2 Å². The summed E-state index contributed by atoms with van der Waals surface area (Å²) in [5, 5.41) is 18.4. The van der Waals surface area contributed by atoms with Gasteiger partial charge >= 0.3 is 0 Å². The van der Waals surface area contributed by atoms with Crippen LogP contribution in [-0.4, -0.2) is 40.6 Å². The highest BCUT2D eigenvalue weighted by Gasteiger charge is 2.33. The molecule has 1 aromatic rings. The number of carbonyl (C=O) groups excluding carboxylic acids is 2. The molecule has 7 nitrogen and oxygen atoms in total. The number of hydrogen-bond donors (Lipinski definition) is 3. The van der Waals surface area contributed by atoms with Crippen LogP contribution in [-0.2, 0) is 15.0 Å². The Labute approximate surface area is 151 Å². The monoisotopic (exact) mass is 363 g/mol. The molecule has 0 radical (unpaired) electrons. The molecule has 2 aliphatic rings. The molecular weight excluding hydrogens is 338 g/mol. The standard InChI is InChI=1S/C17H25N5O2S/c1-17(2,3)15-21-22-16(25-15)20-13(23)7-6-11(10-4-5-10)19-14(24)12-8-9-18-12/h6-7,10-12,18H,4-5,8-9H2,1-3H3,(H,19,24)(H,20,22,23)/b7-6+/t11-,12+/m1/s1. The summed E-state index contributed by atoms with van der Waals surface area (Å²) < 4.78 is 0. The van der Waals surface area contributed by atoms with E-state index in [0.29, 0.717) is 11.0 Å². The zero-order chi connectivity index (χ0) is 18.0. The first kappa shape index (κ1) is 18.0. The van der Waals surface area contributed by atoms with Crippen LogP contribution in [0.5, 0.6) is 0 Å². The number of hydrogen-bond acceptors (Lipinski definition) is 6. The average molecular weight is 363 g/mol. The van der Waals surface area contributed by atoms with Gasteiger partial charge in [0.05, 0.1) is 12.1 Å². The molecule has 3 N–H and O–H groups in total. The molecule has 0 unspecified atom stereocenters. The predicted molar refractivity (Wildman–Crippen MR) is 97.4 cm³/mol. The molecule has 1 aliphatic carbocycles. The second kappa shape index (κ2) is 7.21. The van der Waals surface area contributed by atoms with Crippen LogP contribution < -0.4 is 16.0 Å². The average Bonchev–Trinajstić information content (AvgIpc) is 3.19. The van der Waals surface area contributed by atoms with E-state index >= 15 is 0 Å². The van der Waals surface area contributed by atoms with Crippen LogP contribution in [0.1, 0.15) is 45.0 Å². The van der Waals surface area contributed by atoms with Crippen molar-refractivity contribution in [2.75, 3.05) is 11.9 Å². The maximum Gasteiger partial charge on any atom is 0.249 e. The van der Waals surface area contributed by atoms with E-state index in [1.165, 1.54) is 17.4 Å². The minimum absolute atomic E-state index is 0.0205.